The van der Waals surface area contributed by atoms with Crippen molar-refractivity contribution in [3.8, 4) is 0 Å². The van der Waals surface area contributed by atoms with Crippen molar-refractivity contribution in [2.24, 2.45) is 0 Å². The number of hydrogen-bond donors (Lipinski definition) is 0. The first kappa shape index (κ1) is 89.0. The zero-order valence-electron chi connectivity index (χ0n) is 59.1. The SMILES string of the molecule is C=C[Si](C)(C)O[Si](C)(C)O[Si](C)(C)C=C.C[SiH](O[Si](C)(C)C)O[Si](C)(C)O[Si](C)(C)C.C[Si](C)(C)O[Si](C)(C)O[Si](C)(CC[Si](C)(C)O[Si](C)(C)O[Si](C)(C)CC[Si](C)(O[Si](C)(C)C)O[Si](C)(C)O[Si](C)(C)C)O[Si](C)(C)C.[Pt]. The molecule has 0 saturated carbocycles. The molecule has 0 bridgehead atoms. The molecule has 0 fully saturated rings. The van der Waals surface area contributed by atoms with Gasteiger partial charge in [0.05, 0.1) is 0 Å². The zero-order chi connectivity index (χ0) is 63.5. The van der Waals surface area contributed by atoms with Gasteiger partial charge in [0, 0.05) is 21.1 Å². The first-order chi connectivity index (χ1) is 33.4. The maximum Gasteiger partial charge on any atom is 0.315 e. The van der Waals surface area contributed by atoms with Gasteiger partial charge in [-0.25, -0.2) is 0 Å². The van der Waals surface area contributed by atoms with Crippen molar-refractivity contribution < 1.29 is 74.6 Å². The van der Waals surface area contributed by atoms with Gasteiger partial charge >= 0.3 is 59.9 Å². The summed E-state index contributed by atoms with van der Waals surface area (Å²) in [5, 5.41) is 0. The molecule has 0 heterocycles. The average molecular weight is 1610 g/mol. The molecule has 0 aliphatic rings. The van der Waals surface area contributed by atoms with Crippen molar-refractivity contribution >= 4 is 152 Å². The Bertz CT molecular complexity index is 1710. The van der Waals surface area contributed by atoms with E-state index in [0.717, 1.165) is 24.2 Å². The Morgan fingerprint density at radius 1 is 0.266 bits per heavy atom. The number of rotatable bonds is 34. The summed E-state index contributed by atoms with van der Waals surface area (Å²) in [7, 11) is -35.5. The van der Waals surface area contributed by atoms with Gasteiger partial charge in [0.2, 0.25) is 0 Å². The Hall–Kier alpha value is 3.55. The molecule has 0 aromatic carbocycles. The van der Waals surface area contributed by atoms with Crippen LogP contribution in [0.3, 0.4) is 0 Å². The molecule has 0 rings (SSSR count). The molecule has 0 aromatic rings. The second-order valence-electron chi connectivity index (χ2n) is 32.0. The first-order valence-electron chi connectivity index (χ1n) is 28.8. The zero-order valence-corrected chi connectivity index (χ0v) is 79.5. The van der Waals surface area contributed by atoms with Crippen LogP contribution in [0, 0.1) is 0 Å². The Morgan fingerprint density at radius 2 is 0.494 bits per heavy atom. The van der Waals surface area contributed by atoms with Crippen molar-refractivity contribution in [1.29, 1.82) is 0 Å². The molecule has 32 heteroatoms. The maximum atomic E-state index is 7.09. The quantitative estimate of drug-likeness (QED) is 0.0569. The summed E-state index contributed by atoms with van der Waals surface area (Å²) in [4.78, 5) is 0. The fourth-order valence-corrected chi connectivity index (χ4v) is 90.1. The van der Waals surface area contributed by atoms with Crippen LogP contribution in [0.15, 0.2) is 24.6 Å². The fourth-order valence-electron chi connectivity index (χ4n) is 9.66. The standard InChI is InChI=1S/C28H80O8Si11.C10H24O2Si3.C9H28O3Si4.Pt/c1-37(2,3)29-43(17,18)35-46(23,31-39(7,8)9)27-25-41(13,14)33-45(21,22)34-42(15,16)26-28-47(24,32-40(10,11)12)36-44(19,20)30-38(4,5)6;1-9-13(3,4)11-15(7,8)12-14(5,6)10-2;1-13(10-14(2,3)4)11-16(8,9)12-15(5,6)7;/h25-28H2,1-24H3;9-10H,1-2H2,3-8H3;13H,1-9H3;. The normalized spacial score (nSPS) is 16.5. The van der Waals surface area contributed by atoms with E-state index in [4.69, 9.17) is 53.5 Å². The second kappa shape index (κ2) is 32.5. The third kappa shape index (κ3) is 52.1. The maximum absolute atomic E-state index is 7.09. The molecule has 0 saturated heterocycles. The molecule has 0 N–H and O–H groups in total. The molecule has 79 heavy (non-hydrogen) atoms. The van der Waals surface area contributed by atoms with Crippen LogP contribution in [0.5, 0.6) is 0 Å². The van der Waals surface area contributed by atoms with Gasteiger partial charge in [-0.1, -0.05) is 11.4 Å². The van der Waals surface area contributed by atoms with E-state index in [-0.39, 0.29) is 21.1 Å². The molecule has 0 aliphatic carbocycles. The monoisotopic (exact) mass is 1600 g/mol. The van der Waals surface area contributed by atoms with Crippen LogP contribution in [0.25, 0.3) is 0 Å². The van der Waals surface area contributed by atoms with E-state index in [9.17, 15) is 0 Å². The van der Waals surface area contributed by atoms with E-state index in [1.54, 1.807) is 0 Å². The molecule has 13 nitrogen and oxygen atoms in total. The Balaban J connectivity index is -0.000000710. The predicted octanol–water partition coefficient (Wildman–Crippen LogP) is 18.0. The van der Waals surface area contributed by atoms with Crippen LogP contribution >= 0.6 is 0 Å². The van der Waals surface area contributed by atoms with E-state index in [1.165, 1.54) is 0 Å². The molecule has 0 radical (unpaired) electrons. The van der Waals surface area contributed by atoms with E-state index in [0.29, 0.717) is 0 Å². The summed E-state index contributed by atoms with van der Waals surface area (Å²) in [5.74, 6) is 0. The smallest absolute Gasteiger partial charge is 0.315 e. The molecule has 480 valence electrons. The van der Waals surface area contributed by atoms with Crippen LogP contribution in [0.1, 0.15) is 0 Å². The van der Waals surface area contributed by atoms with Gasteiger partial charge in [-0.15, -0.1) is 13.2 Å². The minimum atomic E-state index is -2.51. The summed E-state index contributed by atoms with van der Waals surface area (Å²) < 4.78 is 85.7. The van der Waals surface area contributed by atoms with E-state index >= 15 is 0 Å². The molecule has 3 unspecified atom stereocenters. The third-order valence-corrected chi connectivity index (χ3v) is 71.4. The van der Waals surface area contributed by atoms with Gasteiger partial charge in [-0.3, -0.25) is 0 Å². The molecule has 0 aromatic heterocycles. The van der Waals surface area contributed by atoms with E-state index in [2.05, 4.69) is 268 Å². The van der Waals surface area contributed by atoms with Crippen molar-refractivity contribution in [1.82, 2.24) is 0 Å². The van der Waals surface area contributed by atoms with Gasteiger partial charge in [-0.05, 0) is 280 Å². The van der Waals surface area contributed by atoms with Gasteiger partial charge in [0.1, 0.15) is 0 Å². The Morgan fingerprint density at radius 3 is 0.722 bits per heavy atom. The van der Waals surface area contributed by atoms with Gasteiger partial charge in [0.25, 0.3) is 9.28 Å². The van der Waals surface area contributed by atoms with Crippen molar-refractivity contribution in [2.75, 3.05) is 0 Å². The van der Waals surface area contributed by atoms with Gasteiger partial charge in [0.15, 0.2) is 83.2 Å². The summed E-state index contributed by atoms with van der Waals surface area (Å²) >= 11 is 0. The van der Waals surface area contributed by atoms with Gasteiger partial charge in [-0.2, -0.15) is 0 Å². The summed E-state index contributed by atoms with van der Waals surface area (Å²) in [5.41, 5.74) is 3.90. The fraction of sp³-hybridized carbons (Fsp3) is 0.915. The molecule has 0 spiro atoms. The Labute approximate surface area is 526 Å². The summed E-state index contributed by atoms with van der Waals surface area (Å²) in [6.45, 7) is 94.2. The van der Waals surface area contributed by atoms with E-state index in [1.807, 2.05) is 11.4 Å². The van der Waals surface area contributed by atoms with E-state index < -0.39 is 152 Å². The van der Waals surface area contributed by atoms with Crippen LogP contribution in [0.2, 0.25) is 280 Å². The third-order valence-electron chi connectivity index (χ3n) is 10.0. The van der Waals surface area contributed by atoms with Crippen LogP contribution in [-0.2, 0) is 74.6 Å². The summed E-state index contributed by atoms with van der Waals surface area (Å²) in [6.07, 6.45) is 0. The predicted molar refractivity (Wildman–Crippen MR) is 387 cm³/mol. The van der Waals surface area contributed by atoms with Gasteiger partial charge < -0.3 is 53.5 Å². The molecule has 0 amide bonds. The second-order valence-corrected chi connectivity index (χ2v) is 104. The van der Waals surface area contributed by atoms with Crippen molar-refractivity contribution in [3.05, 3.63) is 24.6 Å². The van der Waals surface area contributed by atoms with Crippen LogP contribution in [-0.4, -0.2) is 152 Å². The minimum Gasteiger partial charge on any atom is -0.439 e. The van der Waals surface area contributed by atoms with Crippen molar-refractivity contribution in [3.63, 3.8) is 0 Å². The van der Waals surface area contributed by atoms with Crippen LogP contribution < -0.4 is 0 Å². The Kier molecular flexibility index (Phi) is 36.6. The molecule has 0 aliphatic heterocycles. The van der Waals surface area contributed by atoms with Crippen LogP contribution in [0.4, 0.5) is 0 Å². The van der Waals surface area contributed by atoms with Crippen molar-refractivity contribution in [2.45, 2.75) is 280 Å². The molecular weight excluding hydrogens is 1470 g/mol. The average Bonchev–Trinajstić information content (AvgIpc) is 3.02. The summed E-state index contributed by atoms with van der Waals surface area (Å²) in [6, 6.07) is 3.81. The molecular formula is C47H132O13PtSi18. The largest absolute Gasteiger partial charge is 0.439 e. The molecule has 3 atom stereocenters. The topological polar surface area (TPSA) is 120 Å². The first-order valence-corrected chi connectivity index (χ1v) is 82.6. The minimum absolute atomic E-state index is 0. The number of hydrogen-bond acceptors (Lipinski definition) is 13.